The summed E-state index contributed by atoms with van der Waals surface area (Å²) >= 11 is 0. The van der Waals surface area contributed by atoms with Crippen molar-refractivity contribution in [3.8, 4) is 0 Å². The number of anilines is 2. The van der Waals surface area contributed by atoms with Crippen LogP contribution in [0.25, 0.3) is 0 Å². The Balaban J connectivity index is 2.13. The maximum Gasteiger partial charge on any atom is 0.227 e. The van der Waals surface area contributed by atoms with E-state index in [1.165, 1.54) is 6.92 Å². The molecule has 0 aliphatic heterocycles. The predicted octanol–water partition coefficient (Wildman–Crippen LogP) is 2.02. The van der Waals surface area contributed by atoms with E-state index in [0.29, 0.717) is 11.4 Å². The minimum absolute atomic E-state index is 0.0184. The Morgan fingerprint density at radius 3 is 2.55 bits per heavy atom. The molecule has 0 spiro atoms. The average molecular weight is 275 g/mol. The normalized spacial score (nSPS) is 21.6. The number of nitrogens with one attached hydrogen (secondary N) is 2. The number of benzene rings is 1. The van der Waals surface area contributed by atoms with Gasteiger partial charge in [0.05, 0.1) is 11.4 Å². The number of carbonyl (C=O) groups is 2. The van der Waals surface area contributed by atoms with Crippen LogP contribution in [-0.4, -0.2) is 17.9 Å². The minimum atomic E-state index is -0.160. The van der Waals surface area contributed by atoms with Crippen LogP contribution in [0.1, 0.15) is 31.7 Å². The molecule has 108 valence electrons. The van der Waals surface area contributed by atoms with Crippen LogP contribution in [-0.2, 0) is 9.59 Å². The van der Waals surface area contributed by atoms with Crippen LogP contribution < -0.4 is 16.4 Å². The van der Waals surface area contributed by atoms with E-state index in [-0.39, 0.29) is 23.8 Å². The van der Waals surface area contributed by atoms with E-state index in [1.54, 1.807) is 6.07 Å². The second kappa shape index (κ2) is 6.05. The lowest BCUT2D eigenvalue weighted by atomic mass is 10.1. The lowest BCUT2D eigenvalue weighted by molar-refractivity contribution is -0.119. The van der Waals surface area contributed by atoms with Crippen LogP contribution in [0.5, 0.6) is 0 Å². The maximum atomic E-state index is 12.2. The van der Waals surface area contributed by atoms with Gasteiger partial charge in [0.1, 0.15) is 0 Å². The van der Waals surface area contributed by atoms with Crippen molar-refractivity contribution in [1.82, 2.24) is 0 Å². The highest BCUT2D eigenvalue weighted by Gasteiger charge is 2.28. The number of carbonyl (C=O) groups excluding carboxylic acids is 2. The summed E-state index contributed by atoms with van der Waals surface area (Å²) in [7, 11) is 0. The molecule has 0 aromatic heterocycles. The van der Waals surface area contributed by atoms with Gasteiger partial charge in [-0.1, -0.05) is 6.07 Å². The molecule has 20 heavy (non-hydrogen) atoms. The number of rotatable bonds is 3. The molecule has 5 heteroatoms. The molecule has 1 fully saturated rings. The molecule has 1 saturated carbocycles. The summed E-state index contributed by atoms with van der Waals surface area (Å²) in [5.74, 6) is -0.210. The first-order valence-corrected chi connectivity index (χ1v) is 6.90. The first-order valence-electron chi connectivity index (χ1n) is 6.90. The van der Waals surface area contributed by atoms with Crippen molar-refractivity contribution >= 4 is 23.2 Å². The number of aryl methyl sites for hydroxylation is 1. The molecule has 2 amide bonds. The standard InChI is InChI=1S/C15H21N3O2/c1-9-3-6-13(17-10(2)19)14(7-9)18-15(20)11-4-5-12(16)8-11/h3,6-7,11-12H,4-5,8,16H2,1-2H3,(H,17,19)(H,18,20). The Bertz CT molecular complexity index is 528. The summed E-state index contributed by atoms with van der Waals surface area (Å²) in [5, 5.41) is 5.64. The average Bonchev–Trinajstić information content (AvgIpc) is 2.79. The Labute approximate surface area is 118 Å². The lowest BCUT2D eigenvalue weighted by Gasteiger charge is -2.15. The zero-order valence-corrected chi connectivity index (χ0v) is 11.9. The van der Waals surface area contributed by atoms with Gasteiger partial charge in [0.25, 0.3) is 0 Å². The first kappa shape index (κ1) is 14.5. The zero-order valence-electron chi connectivity index (χ0n) is 11.9. The van der Waals surface area contributed by atoms with Crippen LogP contribution in [0.3, 0.4) is 0 Å². The number of amides is 2. The summed E-state index contributed by atoms with van der Waals surface area (Å²) in [5.41, 5.74) is 8.13. The van der Waals surface area contributed by atoms with Crippen molar-refractivity contribution in [2.24, 2.45) is 11.7 Å². The van der Waals surface area contributed by atoms with E-state index < -0.39 is 0 Å². The third kappa shape index (κ3) is 3.57. The van der Waals surface area contributed by atoms with Gasteiger partial charge in [0.15, 0.2) is 0 Å². The third-order valence-corrected chi connectivity index (χ3v) is 3.59. The van der Waals surface area contributed by atoms with E-state index >= 15 is 0 Å². The number of nitrogens with two attached hydrogens (primary N) is 1. The van der Waals surface area contributed by atoms with E-state index in [0.717, 1.165) is 24.8 Å². The van der Waals surface area contributed by atoms with E-state index in [9.17, 15) is 9.59 Å². The van der Waals surface area contributed by atoms with Crippen LogP contribution >= 0.6 is 0 Å². The molecule has 2 atom stereocenters. The summed E-state index contributed by atoms with van der Waals surface area (Å²) < 4.78 is 0. The quantitative estimate of drug-likeness (QED) is 0.789. The summed E-state index contributed by atoms with van der Waals surface area (Å²) in [4.78, 5) is 23.4. The molecular weight excluding hydrogens is 254 g/mol. The SMILES string of the molecule is CC(=O)Nc1ccc(C)cc1NC(=O)C1CCC(N)C1. The Hall–Kier alpha value is -1.88. The molecule has 1 aliphatic rings. The van der Waals surface area contributed by atoms with Crippen LogP contribution in [0.4, 0.5) is 11.4 Å². The largest absolute Gasteiger partial charge is 0.328 e. The van der Waals surface area contributed by atoms with Gasteiger partial charge in [-0.2, -0.15) is 0 Å². The molecule has 1 aliphatic carbocycles. The molecule has 1 aromatic rings. The van der Waals surface area contributed by atoms with Crippen LogP contribution in [0, 0.1) is 12.8 Å². The van der Waals surface area contributed by atoms with Gasteiger partial charge < -0.3 is 16.4 Å². The molecule has 2 unspecified atom stereocenters. The minimum Gasteiger partial charge on any atom is -0.328 e. The van der Waals surface area contributed by atoms with Crippen molar-refractivity contribution in [2.45, 2.75) is 39.2 Å². The molecule has 4 N–H and O–H groups in total. The van der Waals surface area contributed by atoms with Crippen molar-refractivity contribution in [1.29, 1.82) is 0 Å². The highest BCUT2D eigenvalue weighted by Crippen LogP contribution is 2.28. The van der Waals surface area contributed by atoms with E-state index in [2.05, 4.69) is 10.6 Å². The van der Waals surface area contributed by atoms with Gasteiger partial charge in [0, 0.05) is 18.9 Å². The summed E-state index contributed by atoms with van der Waals surface area (Å²) in [6.07, 6.45) is 2.45. The van der Waals surface area contributed by atoms with Gasteiger partial charge in [-0.05, 0) is 43.9 Å². The fourth-order valence-electron chi connectivity index (χ4n) is 2.55. The fourth-order valence-corrected chi connectivity index (χ4v) is 2.55. The molecule has 2 rings (SSSR count). The zero-order chi connectivity index (χ0) is 14.7. The van der Waals surface area contributed by atoms with Crippen molar-refractivity contribution < 1.29 is 9.59 Å². The second-order valence-corrected chi connectivity index (χ2v) is 5.49. The Kier molecular flexibility index (Phi) is 4.39. The Morgan fingerprint density at radius 2 is 1.95 bits per heavy atom. The monoisotopic (exact) mass is 275 g/mol. The van der Waals surface area contributed by atoms with Gasteiger partial charge in [-0.15, -0.1) is 0 Å². The molecule has 5 nitrogen and oxygen atoms in total. The van der Waals surface area contributed by atoms with Crippen molar-refractivity contribution in [3.05, 3.63) is 23.8 Å². The van der Waals surface area contributed by atoms with Crippen LogP contribution in [0.2, 0.25) is 0 Å². The first-order chi connectivity index (χ1) is 9.45. The molecular formula is C15H21N3O2. The fraction of sp³-hybridized carbons (Fsp3) is 0.467. The number of hydrogen-bond acceptors (Lipinski definition) is 3. The molecule has 1 aromatic carbocycles. The van der Waals surface area contributed by atoms with Crippen molar-refractivity contribution in [3.63, 3.8) is 0 Å². The molecule has 0 radical (unpaired) electrons. The van der Waals surface area contributed by atoms with Gasteiger partial charge in [-0.3, -0.25) is 9.59 Å². The maximum absolute atomic E-state index is 12.2. The summed E-state index contributed by atoms with van der Waals surface area (Å²) in [6, 6.07) is 5.68. The number of hydrogen-bond donors (Lipinski definition) is 3. The predicted molar refractivity (Wildman–Crippen MR) is 79.4 cm³/mol. The summed E-state index contributed by atoms with van der Waals surface area (Å²) in [6.45, 7) is 3.39. The topological polar surface area (TPSA) is 84.2 Å². The van der Waals surface area contributed by atoms with Crippen LogP contribution in [0.15, 0.2) is 18.2 Å². The van der Waals surface area contributed by atoms with Gasteiger partial charge in [0.2, 0.25) is 11.8 Å². The highest BCUT2D eigenvalue weighted by molar-refractivity contribution is 5.99. The van der Waals surface area contributed by atoms with E-state index in [1.807, 2.05) is 19.1 Å². The third-order valence-electron chi connectivity index (χ3n) is 3.59. The lowest BCUT2D eigenvalue weighted by Crippen LogP contribution is -2.24. The van der Waals surface area contributed by atoms with Gasteiger partial charge in [-0.25, -0.2) is 0 Å². The molecule has 0 heterocycles. The Morgan fingerprint density at radius 1 is 1.20 bits per heavy atom. The second-order valence-electron chi connectivity index (χ2n) is 5.49. The van der Waals surface area contributed by atoms with Gasteiger partial charge >= 0.3 is 0 Å². The van der Waals surface area contributed by atoms with E-state index in [4.69, 9.17) is 5.73 Å². The smallest absolute Gasteiger partial charge is 0.227 e. The van der Waals surface area contributed by atoms with Crippen molar-refractivity contribution in [2.75, 3.05) is 10.6 Å². The highest BCUT2D eigenvalue weighted by atomic mass is 16.2. The molecule has 0 saturated heterocycles. The molecule has 0 bridgehead atoms.